The number of aliphatic hydroxyl groups is 3. The number of hydrogen-bond donors (Lipinski definition) is 6. The summed E-state index contributed by atoms with van der Waals surface area (Å²) in [6.07, 6.45) is 0.754. The van der Waals surface area contributed by atoms with E-state index in [0.29, 0.717) is 41.8 Å². The number of nitrogens with zero attached hydrogens (tertiary/aromatic N) is 1. The van der Waals surface area contributed by atoms with E-state index in [9.17, 15) is 39.6 Å². The number of benzene rings is 2. The number of ketones is 2. The van der Waals surface area contributed by atoms with Gasteiger partial charge < -0.3 is 36.2 Å². The second-order valence-electron chi connectivity index (χ2n) is 11.6. The number of allylic oxidation sites excluding steroid dienone is 1. The average molecular weight is 606 g/mol. The second-order valence-corrected chi connectivity index (χ2v) is 11.6. The zero-order chi connectivity index (χ0) is 32.1. The molecule has 2 unspecified atom stereocenters. The Hall–Kier alpha value is -4.52. The predicted octanol–water partition coefficient (Wildman–Crippen LogP) is 1.55. The SMILES string of the molecule is COCCCNC(=O)c1cccc(-c2ccc(O)c3c2CC2CC4[C@H](N(C)C)C(O)=C(C(N)=O)C(=O)[C@@]4(O)C(O)=C2C3=O)c1. The van der Waals surface area contributed by atoms with Crippen LogP contribution >= 0.6 is 0 Å². The summed E-state index contributed by atoms with van der Waals surface area (Å²) in [6, 6.07) is 8.73. The van der Waals surface area contributed by atoms with Crippen LogP contribution in [0.25, 0.3) is 11.1 Å². The summed E-state index contributed by atoms with van der Waals surface area (Å²) in [5.41, 5.74) is 3.56. The molecular weight excluding hydrogens is 570 g/mol. The lowest BCUT2D eigenvalue weighted by Crippen LogP contribution is -2.63. The van der Waals surface area contributed by atoms with Gasteiger partial charge in [-0.15, -0.1) is 0 Å². The van der Waals surface area contributed by atoms with Crippen molar-refractivity contribution in [2.24, 2.45) is 17.6 Å². The zero-order valence-electron chi connectivity index (χ0n) is 24.6. The van der Waals surface area contributed by atoms with Crippen molar-refractivity contribution in [3.05, 3.63) is 75.8 Å². The summed E-state index contributed by atoms with van der Waals surface area (Å²) in [6.45, 7) is 0.932. The van der Waals surface area contributed by atoms with Gasteiger partial charge in [-0.2, -0.15) is 0 Å². The van der Waals surface area contributed by atoms with Crippen LogP contribution in [-0.2, 0) is 20.7 Å². The monoisotopic (exact) mass is 605 g/mol. The minimum atomic E-state index is -2.71. The van der Waals surface area contributed by atoms with Crippen molar-refractivity contribution in [1.82, 2.24) is 10.2 Å². The molecule has 0 radical (unpaired) electrons. The Kier molecular flexibility index (Phi) is 8.10. The molecule has 3 aliphatic carbocycles. The number of carbonyl (C=O) groups is 4. The summed E-state index contributed by atoms with van der Waals surface area (Å²) in [7, 11) is 4.73. The van der Waals surface area contributed by atoms with Crippen LogP contribution in [0.4, 0.5) is 0 Å². The smallest absolute Gasteiger partial charge is 0.255 e. The molecule has 4 atom stereocenters. The Morgan fingerprint density at radius 1 is 1.14 bits per heavy atom. The third kappa shape index (κ3) is 4.75. The van der Waals surface area contributed by atoms with Gasteiger partial charge in [-0.05, 0) is 74.2 Å². The maximum atomic E-state index is 14.0. The Labute approximate surface area is 253 Å². The van der Waals surface area contributed by atoms with Crippen molar-refractivity contribution in [2.75, 3.05) is 34.4 Å². The number of phenols is 1. The van der Waals surface area contributed by atoms with Crippen LogP contribution in [0.1, 0.15) is 39.1 Å². The average Bonchev–Trinajstić information content (AvgIpc) is 2.97. The van der Waals surface area contributed by atoms with Crippen LogP contribution in [0.15, 0.2) is 59.1 Å². The van der Waals surface area contributed by atoms with E-state index in [0.717, 1.165) is 0 Å². The van der Waals surface area contributed by atoms with Gasteiger partial charge in [-0.1, -0.05) is 18.2 Å². The van der Waals surface area contributed by atoms with Gasteiger partial charge in [0.2, 0.25) is 5.78 Å². The number of phenolic OH excluding ortho intramolecular Hbond substituents is 1. The fourth-order valence-corrected chi connectivity index (χ4v) is 6.87. The van der Waals surface area contributed by atoms with Gasteiger partial charge in [-0.25, -0.2) is 0 Å². The molecule has 0 spiro atoms. The lowest BCUT2D eigenvalue weighted by Gasteiger charge is -2.50. The van der Waals surface area contributed by atoms with E-state index in [1.807, 2.05) is 0 Å². The Balaban J connectivity index is 1.60. The minimum absolute atomic E-state index is 0.0230. The molecule has 0 saturated carbocycles. The summed E-state index contributed by atoms with van der Waals surface area (Å²) in [5.74, 6) is -7.37. The topological polar surface area (TPSA) is 200 Å². The van der Waals surface area contributed by atoms with Crippen LogP contribution in [0.2, 0.25) is 0 Å². The van der Waals surface area contributed by atoms with Crippen LogP contribution in [0, 0.1) is 11.8 Å². The minimum Gasteiger partial charge on any atom is -0.510 e. The number of hydrogen-bond acceptors (Lipinski definition) is 10. The van der Waals surface area contributed by atoms with Crippen LogP contribution in [-0.4, -0.2) is 94.7 Å². The number of fused-ring (bicyclic) bond motifs is 3. The highest BCUT2D eigenvalue weighted by Crippen LogP contribution is 2.53. The summed E-state index contributed by atoms with van der Waals surface area (Å²) < 4.78 is 5.01. The highest BCUT2D eigenvalue weighted by atomic mass is 16.5. The van der Waals surface area contributed by atoms with Gasteiger partial charge in [0.15, 0.2) is 11.4 Å². The van der Waals surface area contributed by atoms with E-state index >= 15 is 0 Å². The summed E-state index contributed by atoms with van der Waals surface area (Å²) >= 11 is 0. The fraction of sp³-hybridized carbons (Fsp3) is 0.375. The Morgan fingerprint density at radius 3 is 2.52 bits per heavy atom. The molecule has 0 saturated heterocycles. The first-order valence-corrected chi connectivity index (χ1v) is 14.2. The number of amides is 2. The quantitative estimate of drug-likeness (QED) is 0.190. The maximum Gasteiger partial charge on any atom is 0.255 e. The number of rotatable bonds is 8. The van der Waals surface area contributed by atoms with Crippen molar-refractivity contribution in [2.45, 2.75) is 30.9 Å². The zero-order valence-corrected chi connectivity index (χ0v) is 24.6. The van der Waals surface area contributed by atoms with Crippen LogP contribution in [0.5, 0.6) is 5.75 Å². The molecule has 2 amide bonds. The molecule has 44 heavy (non-hydrogen) atoms. The molecule has 5 rings (SSSR count). The number of aliphatic hydroxyl groups excluding tert-OH is 2. The molecule has 0 bridgehead atoms. The molecule has 2 aromatic rings. The van der Waals surface area contributed by atoms with Crippen molar-refractivity contribution >= 4 is 23.4 Å². The van der Waals surface area contributed by atoms with Gasteiger partial charge >= 0.3 is 0 Å². The first-order chi connectivity index (χ1) is 20.8. The number of nitrogens with one attached hydrogen (secondary N) is 1. The number of nitrogens with two attached hydrogens (primary N) is 1. The lowest BCUT2D eigenvalue weighted by atomic mass is 9.58. The van der Waals surface area contributed by atoms with E-state index < -0.39 is 58.0 Å². The molecular formula is C32H35N3O9. The number of methoxy groups -OCH3 is 1. The number of primary amides is 1. The molecule has 0 fully saturated rings. The normalized spacial score (nSPS) is 24.6. The Bertz CT molecular complexity index is 1640. The first-order valence-electron chi connectivity index (χ1n) is 14.2. The second kappa shape index (κ2) is 11.5. The molecule has 2 aromatic carbocycles. The number of likely N-dealkylation sites (N-methyl/N-ethyl adjacent to an activating group) is 1. The van der Waals surface area contributed by atoms with Gasteiger partial charge in [-0.3, -0.25) is 24.1 Å². The maximum absolute atomic E-state index is 14.0. The molecule has 0 aliphatic heterocycles. The largest absolute Gasteiger partial charge is 0.510 e. The van der Waals surface area contributed by atoms with Crippen LogP contribution < -0.4 is 11.1 Å². The van der Waals surface area contributed by atoms with Crippen molar-refractivity contribution < 1.29 is 44.3 Å². The highest BCUT2D eigenvalue weighted by molar-refractivity contribution is 6.25. The third-order valence-electron chi connectivity index (χ3n) is 8.85. The number of carbonyl (C=O) groups excluding carboxylic acids is 4. The molecule has 232 valence electrons. The highest BCUT2D eigenvalue weighted by Gasteiger charge is 2.63. The van der Waals surface area contributed by atoms with E-state index in [1.54, 1.807) is 51.5 Å². The number of ether oxygens (including phenoxy) is 1. The van der Waals surface area contributed by atoms with Crippen molar-refractivity contribution in [3.63, 3.8) is 0 Å². The molecule has 3 aliphatic rings. The van der Waals surface area contributed by atoms with E-state index in [4.69, 9.17) is 10.5 Å². The standard InChI is InChI=1S/C32H35N3O9/c1-35(2)25-20-14-17-13-19-18(15-6-4-7-16(12-15)31(42)34-10-5-11-44-3)8-9-21(36)23(19)26(37)22(17)28(39)32(20,43)29(40)24(27(25)38)30(33)41/h4,6-9,12,17,20,25,36,38-39,43H,5,10-11,13-14H2,1-3H3,(H2,33,41)(H,34,42)/t17?,20?,25-,32-/m0/s1. The van der Waals surface area contributed by atoms with Gasteiger partial charge in [0, 0.05) is 37.3 Å². The molecule has 7 N–H and O–H groups in total. The predicted molar refractivity (Wildman–Crippen MR) is 158 cm³/mol. The Morgan fingerprint density at radius 2 is 1.86 bits per heavy atom. The van der Waals surface area contributed by atoms with Gasteiger partial charge in [0.05, 0.1) is 11.6 Å². The van der Waals surface area contributed by atoms with Crippen molar-refractivity contribution in [3.8, 4) is 16.9 Å². The van der Waals surface area contributed by atoms with Crippen molar-refractivity contribution in [1.29, 1.82) is 0 Å². The van der Waals surface area contributed by atoms with E-state index in [2.05, 4.69) is 5.32 Å². The third-order valence-corrected chi connectivity index (χ3v) is 8.85. The number of Topliss-reactive ketones (excluding diaryl/α,β-unsaturated/α-hetero) is 2. The number of aromatic hydroxyl groups is 1. The first kappa shape index (κ1) is 30.9. The van der Waals surface area contributed by atoms with E-state index in [-0.39, 0.29) is 35.6 Å². The molecule has 0 aromatic heterocycles. The van der Waals surface area contributed by atoms with Gasteiger partial charge in [0.25, 0.3) is 11.8 Å². The molecule has 12 heteroatoms. The lowest BCUT2D eigenvalue weighted by molar-refractivity contribution is -0.148. The van der Waals surface area contributed by atoms with Gasteiger partial charge in [0.1, 0.15) is 22.8 Å². The summed E-state index contributed by atoms with van der Waals surface area (Å²) in [5, 5.41) is 47.8. The van der Waals surface area contributed by atoms with Crippen LogP contribution in [0.3, 0.4) is 0 Å². The molecule has 12 nitrogen and oxygen atoms in total. The fourth-order valence-electron chi connectivity index (χ4n) is 6.87. The summed E-state index contributed by atoms with van der Waals surface area (Å²) in [4.78, 5) is 53.9. The molecule has 0 heterocycles. The van der Waals surface area contributed by atoms with E-state index in [1.165, 1.54) is 11.0 Å².